The summed E-state index contributed by atoms with van der Waals surface area (Å²) < 4.78 is 84.7. The Labute approximate surface area is 232 Å². The summed E-state index contributed by atoms with van der Waals surface area (Å²) in [6, 6.07) is 11.4. The SMILES string of the molecule is Cc1ccc(CN[C@@H]2C3CC[C@H]2Cc2cc(OC(=O)CCc4cc(C(F)(F)F)ccc4C(F)(F)F)ccc2C3)s1. The van der Waals surface area contributed by atoms with E-state index in [1.54, 1.807) is 17.4 Å². The van der Waals surface area contributed by atoms with Gasteiger partial charge in [0.25, 0.3) is 0 Å². The van der Waals surface area contributed by atoms with Crippen LogP contribution in [0.1, 0.15) is 56.8 Å². The number of carbonyl (C=O) groups excluding carboxylic acids is 1. The number of alkyl halides is 6. The fourth-order valence-corrected chi connectivity index (χ4v) is 6.90. The van der Waals surface area contributed by atoms with Crippen molar-refractivity contribution in [3.63, 3.8) is 0 Å². The average molecular weight is 582 g/mol. The van der Waals surface area contributed by atoms with Crippen LogP contribution in [-0.4, -0.2) is 12.0 Å². The van der Waals surface area contributed by atoms with Crippen LogP contribution in [0.5, 0.6) is 5.75 Å². The molecule has 214 valence electrons. The molecule has 5 rings (SSSR count). The summed E-state index contributed by atoms with van der Waals surface area (Å²) in [5, 5.41) is 3.77. The van der Waals surface area contributed by atoms with Crippen molar-refractivity contribution < 1.29 is 35.9 Å². The van der Waals surface area contributed by atoms with Crippen LogP contribution in [0.4, 0.5) is 26.3 Å². The van der Waals surface area contributed by atoms with E-state index in [2.05, 4.69) is 24.4 Å². The molecule has 2 bridgehead atoms. The maximum absolute atomic E-state index is 13.4. The van der Waals surface area contributed by atoms with Crippen LogP contribution in [0, 0.1) is 18.8 Å². The smallest absolute Gasteiger partial charge is 0.416 e. The molecule has 1 saturated carbocycles. The summed E-state index contributed by atoms with van der Waals surface area (Å²) in [7, 11) is 0. The maximum Gasteiger partial charge on any atom is 0.416 e. The predicted molar refractivity (Wildman–Crippen MR) is 140 cm³/mol. The molecule has 1 aromatic heterocycles. The first-order valence-corrected chi connectivity index (χ1v) is 14.1. The van der Waals surface area contributed by atoms with E-state index >= 15 is 0 Å². The number of hydrogen-bond acceptors (Lipinski definition) is 4. The van der Waals surface area contributed by atoms with E-state index in [4.69, 9.17) is 4.74 Å². The number of fused-ring (bicyclic) bond motifs is 3. The third-order valence-corrected chi connectivity index (χ3v) is 8.94. The minimum absolute atomic E-state index is 0.292. The summed E-state index contributed by atoms with van der Waals surface area (Å²) >= 11 is 1.79. The van der Waals surface area contributed by atoms with Gasteiger partial charge < -0.3 is 10.1 Å². The van der Waals surface area contributed by atoms with Gasteiger partial charge in [-0.2, -0.15) is 26.3 Å². The highest BCUT2D eigenvalue weighted by atomic mass is 32.1. The summed E-state index contributed by atoms with van der Waals surface area (Å²) in [5.74, 6) is 0.447. The van der Waals surface area contributed by atoms with Crippen LogP contribution in [0.3, 0.4) is 0 Å². The number of esters is 1. The largest absolute Gasteiger partial charge is 0.427 e. The molecule has 3 nitrogen and oxygen atoms in total. The van der Waals surface area contributed by atoms with Crippen LogP contribution >= 0.6 is 11.3 Å². The lowest BCUT2D eigenvalue weighted by molar-refractivity contribution is -0.142. The highest BCUT2D eigenvalue weighted by Crippen LogP contribution is 2.41. The van der Waals surface area contributed by atoms with Gasteiger partial charge in [0, 0.05) is 28.8 Å². The minimum atomic E-state index is -4.84. The Balaban J connectivity index is 1.23. The normalized spacial score (nSPS) is 20.7. The molecule has 0 radical (unpaired) electrons. The van der Waals surface area contributed by atoms with Crippen LogP contribution in [0.15, 0.2) is 48.5 Å². The molecule has 1 heterocycles. The molecular weight excluding hydrogens is 552 g/mol. The molecular formula is C30H29F6NO2S. The van der Waals surface area contributed by atoms with Gasteiger partial charge in [0.05, 0.1) is 11.1 Å². The average Bonchev–Trinajstić information content (AvgIpc) is 3.41. The first-order valence-electron chi connectivity index (χ1n) is 13.3. The molecule has 0 spiro atoms. The second-order valence-electron chi connectivity index (χ2n) is 10.7. The Morgan fingerprint density at radius 1 is 0.925 bits per heavy atom. The van der Waals surface area contributed by atoms with E-state index in [1.807, 2.05) is 12.1 Å². The fourth-order valence-electron chi connectivity index (χ4n) is 6.05. The topological polar surface area (TPSA) is 38.3 Å². The zero-order valence-electron chi connectivity index (χ0n) is 21.8. The lowest BCUT2D eigenvalue weighted by Crippen LogP contribution is -2.37. The van der Waals surface area contributed by atoms with E-state index in [1.165, 1.54) is 15.3 Å². The van der Waals surface area contributed by atoms with E-state index in [9.17, 15) is 31.1 Å². The molecule has 0 aliphatic heterocycles. The van der Waals surface area contributed by atoms with Crippen molar-refractivity contribution in [2.24, 2.45) is 11.8 Å². The number of rotatable bonds is 7. The van der Waals surface area contributed by atoms with E-state index in [0.29, 0.717) is 41.8 Å². The van der Waals surface area contributed by atoms with E-state index in [0.717, 1.165) is 37.8 Å². The number of carbonyl (C=O) groups is 1. The third kappa shape index (κ3) is 6.54. The van der Waals surface area contributed by atoms with Crippen molar-refractivity contribution >= 4 is 17.3 Å². The van der Waals surface area contributed by atoms with Gasteiger partial charge in [-0.25, -0.2) is 0 Å². The Morgan fingerprint density at radius 3 is 2.30 bits per heavy atom. The number of hydrogen-bond donors (Lipinski definition) is 1. The number of benzene rings is 2. The molecule has 3 atom stereocenters. The molecule has 1 N–H and O–H groups in total. The Hall–Kier alpha value is -2.85. The summed E-state index contributed by atoms with van der Waals surface area (Å²) in [5.41, 5.74) is -0.681. The van der Waals surface area contributed by atoms with Gasteiger partial charge in [-0.1, -0.05) is 6.07 Å². The van der Waals surface area contributed by atoms with Crippen molar-refractivity contribution in [3.8, 4) is 5.75 Å². The van der Waals surface area contributed by atoms with E-state index in [-0.39, 0.29) is 0 Å². The Morgan fingerprint density at radius 2 is 1.65 bits per heavy atom. The molecule has 3 aromatic rings. The second kappa shape index (κ2) is 11.2. The maximum atomic E-state index is 13.4. The summed E-state index contributed by atoms with van der Waals surface area (Å²) in [4.78, 5) is 15.1. The molecule has 1 unspecified atom stereocenters. The fraction of sp³-hybridized carbons (Fsp3) is 0.433. The zero-order chi connectivity index (χ0) is 28.7. The Bertz CT molecular complexity index is 1380. The number of ether oxygens (including phenoxy) is 1. The van der Waals surface area contributed by atoms with Gasteiger partial charge in [-0.15, -0.1) is 11.3 Å². The molecule has 2 aliphatic rings. The molecule has 40 heavy (non-hydrogen) atoms. The van der Waals surface area contributed by atoms with Crippen molar-refractivity contribution in [2.45, 2.75) is 70.4 Å². The van der Waals surface area contributed by atoms with Crippen LogP contribution in [-0.2, 0) is 43.0 Å². The van der Waals surface area contributed by atoms with Crippen molar-refractivity contribution in [1.82, 2.24) is 5.32 Å². The van der Waals surface area contributed by atoms with Gasteiger partial charge in [0.2, 0.25) is 0 Å². The molecule has 2 aromatic carbocycles. The highest BCUT2D eigenvalue weighted by molar-refractivity contribution is 7.11. The number of aryl methyl sites for hydroxylation is 2. The van der Waals surface area contributed by atoms with Crippen LogP contribution < -0.4 is 10.1 Å². The van der Waals surface area contributed by atoms with Gasteiger partial charge in [-0.05, 0) is 110 Å². The molecule has 10 heteroatoms. The van der Waals surface area contributed by atoms with Gasteiger partial charge in [0.15, 0.2) is 0 Å². The first-order chi connectivity index (χ1) is 18.9. The van der Waals surface area contributed by atoms with Gasteiger partial charge in [-0.3, -0.25) is 4.79 Å². The lowest BCUT2D eigenvalue weighted by Gasteiger charge is -2.23. The first kappa shape index (κ1) is 28.7. The standard InChI is InChI=1S/C30H29F6NO2S/c1-17-2-9-25(40-17)16-37-28-20-3-4-21(28)13-22-15-24(8-5-18(22)12-20)39-27(38)11-6-19-14-23(29(31,32)33)7-10-26(19)30(34,35)36/h2,5,7-10,14-15,20-21,28,37H,3-4,6,11-13,16H2,1H3/t20?,21-,28+/m0/s1. The second-order valence-corrected chi connectivity index (χ2v) is 12.1. The van der Waals surface area contributed by atoms with Gasteiger partial charge in [0.1, 0.15) is 5.75 Å². The Kier molecular flexibility index (Phi) is 8.03. The van der Waals surface area contributed by atoms with E-state index < -0.39 is 47.9 Å². The predicted octanol–water partition coefficient (Wildman–Crippen LogP) is 7.92. The highest BCUT2D eigenvalue weighted by Gasteiger charge is 2.39. The lowest BCUT2D eigenvalue weighted by atomic mass is 9.93. The number of thiophene rings is 1. The number of nitrogens with one attached hydrogen (secondary N) is 1. The minimum Gasteiger partial charge on any atom is -0.427 e. The van der Waals surface area contributed by atoms with Crippen molar-refractivity contribution in [3.05, 3.63) is 86.1 Å². The molecule has 0 amide bonds. The summed E-state index contributed by atoms with van der Waals surface area (Å²) in [6.07, 6.45) is -6.64. The number of halogens is 6. The molecule has 2 aliphatic carbocycles. The van der Waals surface area contributed by atoms with Gasteiger partial charge >= 0.3 is 18.3 Å². The monoisotopic (exact) mass is 581 g/mol. The van der Waals surface area contributed by atoms with Crippen LogP contribution in [0.25, 0.3) is 0 Å². The van der Waals surface area contributed by atoms with Crippen LogP contribution in [0.2, 0.25) is 0 Å². The molecule has 0 saturated heterocycles. The summed E-state index contributed by atoms with van der Waals surface area (Å²) in [6.45, 7) is 2.92. The van der Waals surface area contributed by atoms with Crippen molar-refractivity contribution in [2.75, 3.05) is 0 Å². The zero-order valence-corrected chi connectivity index (χ0v) is 22.6. The van der Waals surface area contributed by atoms with Crippen molar-refractivity contribution in [1.29, 1.82) is 0 Å². The quantitative estimate of drug-likeness (QED) is 0.175. The molecule has 1 fully saturated rings. The third-order valence-electron chi connectivity index (χ3n) is 7.94.